The Hall–Kier alpha value is -1.07. The van der Waals surface area contributed by atoms with Gasteiger partial charge in [-0.1, -0.05) is 0 Å². The molecule has 0 saturated carbocycles. The second-order valence-corrected chi connectivity index (χ2v) is 5.66. The van der Waals surface area contributed by atoms with Crippen molar-refractivity contribution in [1.82, 2.24) is 0 Å². The molecule has 1 aromatic rings. The van der Waals surface area contributed by atoms with Crippen LogP contribution < -0.4 is 4.90 Å². The molecule has 0 spiro atoms. The zero-order valence-corrected chi connectivity index (χ0v) is 12.7. The maximum absolute atomic E-state index is 11.8. The summed E-state index contributed by atoms with van der Waals surface area (Å²) in [5.74, 6) is -0.387. The van der Waals surface area contributed by atoms with Crippen LogP contribution in [0.25, 0.3) is 0 Å². The molecule has 1 aliphatic rings. The van der Waals surface area contributed by atoms with Crippen LogP contribution in [0.15, 0.2) is 22.7 Å². The van der Waals surface area contributed by atoms with E-state index in [1.54, 1.807) is 30.0 Å². The maximum Gasteiger partial charge on any atom is 0.338 e. The Morgan fingerprint density at radius 2 is 2.32 bits per heavy atom. The molecule has 1 amide bonds. The van der Waals surface area contributed by atoms with Crippen LogP contribution in [0.5, 0.6) is 0 Å². The second kappa shape index (κ2) is 5.92. The van der Waals surface area contributed by atoms with E-state index in [-0.39, 0.29) is 17.3 Å². The first-order valence-electron chi connectivity index (χ1n) is 5.94. The Balaban J connectivity index is 2.25. The molecular weight excluding hydrogens is 334 g/mol. The van der Waals surface area contributed by atoms with Crippen LogP contribution in [0.2, 0.25) is 0 Å². The molecule has 0 bridgehead atoms. The monoisotopic (exact) mass is 345 g/mol. The predicted octanol–water partition coefficient (Wildman–Crippen LogP) is 2.97. The quantitative estimate of drug-likeness (QED) is 0.624. The molecular formula is C13H13BrClNO3. The summed E-state index contributed by atoms with van der Waals surface area (Å²) in [7, 11) is 0. The average molecular weight is 347 g/mol. The Bertz CT molecular complexity index is 521. The summed E-state index contributed by atoms with van der Waals surface area (Å²) in [4.78, 5) is 25.0. The topological polar surface area (TPSA) is 46.6 Å². The average Bonchev–Trinajstić information content (AvgIpc) is 2.68. The summed E-state index contributed by atoms with van der Waals surface area (Å²) in [5.41, 5.74) is 1.17. The summed E-state index contributed by atoms with van der Waals surface area (Å²) in [6.07, 6.45) is 0.341. The number of carbonyl (C=O) groups is 2. The predicted molar refractivity (Wildman–Crippen MR) is 76.7 cm³/mol. The Morgan fingerprint density at radius 1 is 1.58 bits per heavy atom. The van der Waals surface area contributed by atoms with Gasteiger partial charge in [0.15, 0.2) is 0 Å². The van der Waals surface area contributed by atoms with E-state index in [4.69, 9.17) is 16.3 Å². The van der Waals surface area contributed by atoms with Gasteiger partial charge in [-0.2, -0.15) is 0 Å². The van der Waals surface area contributed by atoms with Crippen molar-refractivity contribution in [3.8, 4) is 0 Å². The maximum atomic E-state index is 11.8. The summed E-state index contributed by atoms with van der Waals surface area (Å²) in [6, 6.07) is 5.03. The summed E-state index contributed by atoms with van der Waals surface area (Å²) < 4.78 is 5.60. The van der Waals surface area contributed by atoms with Gasteiger partial charge < -0.3 is 9.64 Å². The smallest absolute Gasteiger partial charge is 0.338 e. The molecule has 1 aliphatic heterocycles. The van der Waals surface area contributed by atoms with E-state index in [0.29, 0.717) is 29.6 Å². The third kappa shape index (κ3) is 3.09. The van der Waals surface area contributed by atoms with Gasteiger partial charge in [0.25, 0.3) is 0 Å². The van der Waals surface area contributed by atoms with E-state index in [0.717, 1.165) is 5.69 Å². The number of carbonyl (C=O) groups excluding carboxylic acids is 2. The number of alkyl halides is 1. The van der Waals surface area contributed by atoms with E-state index >= 15 is 0 Å². The van der Waals surface area contributed by atoms with Gasteiger partial charge in [-0.15, -0.1) is 11.6 Å². The first-order chi connectivity index (χ1) is 9.02. The van der Waals surface area contributed by atoms with Crippen LogP contribution in [-0.4, -0.2) is 30.4 Å². The molecule has 0 radical (unpaired) electrons. The lowest BCUT2D eigenvalue weighted by atomic mass is 10.2. The summed E-state index contributed by atoms with van der Waals surface area (Å²) in [5, 5.41) is -0.163. The second-order valence-electron chi connectivity index (χ2n) is 4.19. The zero-order chi connectivity index (χ0) is 14.0. The van der Waals surface area contributed by atoms with Crippen molar-refractivity contribution in [2.24, 2.45) is 0 Å². The summed E-state index contributed by atoms with van der Waals surface area (Å²) >= 11 is 9.35. The molecule has 4 nitrogen and oxygen atoms in total. The van der Waals surface area contributed by atoms with Crippen molar-refractivity contribution in [3.63, 3.8) is 0 Å². The van der Waals surface area contributed by atoms with E-state index in [9.17, 15) is 9.59 Å². The third-order valence-electron chi connectivity index (χ3n) is 2.83. The number of esters is 1. The van der Waals surface area contributed by atoms with Gasteiger partial charge in [-0.25, -0.2) is 4.79 Å². The molecule has 19 heavy (non-hydrogen) atoms. The molecule has 1 atom stereocenters. The molecule has 1 saturated heterocycles. The normalized spacial score (nSPS) is 18.8. The van der Waals surface area contributed by atoms with Gasteiger partial charge in [-0.3, -0.25) is 4.79 Å². The Morgan fingerprint density at radius 3 is 2.84 bits per heavy atom. The minimum atomic E-state index is -0.377. The molecule has 2 rings (SSSR count). The van der Waals surface area contributed by atoms with Crippen LogP contribution >= 0.6 is 27.5 Å². The zero-order valence-electron chi connectivity index (χ0n) is 10.4. The van der Waals surface area contributed by atoms with Crippen LogP contribution in [-0.2, 0) is 9.53 Å². The summed E-state index contributed by atoms with van der Waals surface area (Å²) in [6.45, 7) is 2.57. The third-order valence-corrected chi connectivity index (χ3v) is 3.75. The number of halogens is 2. The van der Waals surface area contributed by atoms with Crippen LogP contribution in [0.1, 0.15) is 23.7 Å². The minimum Gasteiger partial charge on any atom is -0.462 e. The SMILES string of the molecule is CCOC(=O)c1ccc(N2CC(Cl)CC2=O)c(Br)c1. The van der Waals surface area contributed by atoms with Crippen molar-refractivity contribution >= 4 is 45.1 Å². The fourth-order valence-electron chi connectivity index (χ4n) is 1.96. The fourth-order valence-corrected chi connectivity index (χ4v) is 2.83. The number of hydrogen-bond acceptors (Lipinski definition) is 3. The van der Waals surface area contributed by atoms with E-state index in [2.05, 4.69) is 15.9 Å². The molecule has 1 aromatic carbocycles. The first-order valence-corrected chi connectivity index (χ1v) is 7.17. The van der Waals surface area contributed by atoms with Gasteiger partial charge >= 0.3 is 5.97 Å². The van der Waals surface area contributed by atoms with Gasteiger partial charge in [-0.05, 0) is 41.1 Å². The Labute approximate surface area is 124 Å². The Kier molecular flexibility index (Phi) is 4.47. The highest BCUT2D eigenvalue weighted by molar-refractivity contribution is 9.10. The molecule has 1 heterocycles. The lowest BCUT2D eigenvalue weighted by Gasteiger charge is -2.18. The number of benzene rings is 1. The van der Waals surface area contributed by atoms with Gasteiger partial charge in [0.2, 0.25) is 5.91 Å². The van der Waals surface area contributed by atoms with Crippen molar-refractivity contribution in [3.05, 3.63) is 28.2 Å². The molecule has 1 fully saturated rings. The fraction of sp³-hybridized carbons (Fsp3) is 0.385. The lowest BCUT2D eigenvalue weighted by Crippen LogP contribution is -2.25. The molecule has 0 N–H and O–H groups in total. The highest BCUT2D eigenvalue weighted by atomic mass is 79.9. The van der Waals surface area contributed by atoms with E-state index in [1.807, 2.05) is 0 Å². The van der Waals surface area contributed by atoms with Crippen LogP contribution in [0.4, 0.5) is 5.69 Å². The number of ether oxygens (including phenoxy) is 1. The number of rotatable bonds is 3. The van der Waals surface area contributed by atoms with Crippen molar-refractivity contribution in [2.45, 2.75) is 18.7 Å². The molecule has 0 aliphatic carbocycles. The molecule has 0 aromatic heterocycles. The van der Waals surface area contributed by atoms with Crippen molar-refractivity contribution in [1.29, 1.82) is 0 Å². The highest BCUT2D eigenvalue weighted by Crippen LogP contribution is 2.31. The molecule has 102 valence electrons. The molecule has 1 unspecified atom stereocenters. The minimum absolute atomic E-state index is 0.00964. The van der Waals surface area contributed by atoms with E-state index < -0.39 is 0 Å². The molecule has 6 heteroatoms. The van der Waals surface area contributed by atoms with Crippen LogP contribution in [0, 0.1) is 0 Å². The number of nitrogens with zero attached hydrogens (tertiary/aromatic N) is 1. The standard InChI is InChI=1S/C13H13BrClNO3/c1-2-19-13(18)8-3-4-11(10(14)5-8)16-7-9(15)6-12(16)17/h3-5,9H,2,6-7H2,1H3. The van der Waals surface area contributed by atoms with Crippen molar-refractivity contribution < 1.29 is 14.3 Å². The number of amides is 1. The number of anilines is 1. The van der Waals surface area contributed by atoms with Gasteiger partial charge in [0.05, 0.1) is 23.2 Å². The highest BCUT2D eigenvalue weighted by Gasteiger charge is 2.30. The van der Waals surface area contributed by atoms with Gasteiger partial charge in [0.1, 0.15) is 0 Å². The van der Waals surface area contributed by atoms with Gasteiger partial charge in [0, 0.05) is 17.4 Å². The van der Waals surface area contributed by atoms with Crippen LogP contribution in [0.3, 0.4) is 0 Å². The van der Waals surface area contributed by atoms with Crippen molar-refractivity contribution in [2.75, 3.05) is 18.1 Å². The largest absolute Gasteiger partial charge is 0.462 e. The van der Waals surface area contributed by atoms with E-state index in [1.165, 1.54) is 0 Å². The lowest BCUT2D eigenvalue weighted by molar-refractivity contribution is -0.117. The number of hydrogen-bond donors (Lipinski definition) is 0. The first kappa shape index (κ1) is 14.3.